The van der Waals surface area contributed by atoms with Crippen LogP contribution in [0.2, 0.25) is 0 Å². The molecule has 20 heavy (non-hydrogen) atoms. The van der Waals surface area contributed by atoms with E-state index in [2.05, 4.69) is 0 Å². The third-order valence-corrected chi connectivity index (χ3v) is 4.24. The number of aliphatic carboxylic acids is 1. The quantitative estimate of drug-likeness (QED) is 0.868. The van der Waals surface area contributed by atoms with Crippen molar-refractivity contribution in [1.29, 1.82) is 0 Å². The minimum atomic E-state index is -0.809. The van der Waals surface area contributed by atoms with Gasteiger partial charge in [0.2, 0.25) is 0 Å². The van der Waals surface area contributed by atoms with Crippen LogP contribution in [0.1, 0.15) is 49.8 Å². The van der Waals surface area contributed by atoms with Gasteiger partial charge in [-0.2, -0.15) is 0 Å². The van der Waals surface area contributed by atoms with E-state index >= 15 is 0 Å². The second-order valence-electron chi connectivity index (χ2n) is 5.74. The van der Waals surface area contributed by atoms with E-state index in [0.29, 0.717) is 6.04 Å². The fraction of sp³-hybridized carbons (Fsp3) is 0.562. The van der Waals surface area contributed by atoms with Crippen molar-refractivity contribution in [3.8, 4) is 5.75 Å². The normalized spacial score (nSPS) is 17.6. The fourth-order valence-corrected chi connectivity index (χ4v) is 3.16. The monoisotopic (exact) mass is 277 g/mol. The maximum absolute atomic E-state index is 11.1. The first kappa shape index (κ1) is 14.9. The van der Waals surface area contributed by atoms with Gasteiger partial charge in [-0.3, -0.25) is 9.69 Å². The third-order valence-electron chi connectivity index (χ3n) is 4.24. The Hall–Kier alpha value is -1.55. The van der Waals surface area contributed by atoms with E-state index < -0.39 is 5.97 Å². The van der Waals surface area contributed by atoms with Crippen molar-refractivity contribution in [2.75, 3.05) is 6.54 Å². The molecule has 1 fully saturated rings. The molecule has 0 spiro atoms. The molecule has 0 amide bonds. The second-order valence-corrected chi connectivity index (χ2v) is 5.74. The van der Waals surface area contributed by atoms with Gasteiger partial charge in [-0.25, -0.2) is 0 Å². The molecule has 0 radical (unpaired) electrons. The van der Waals surface area contributed by atoms with Crippen LogP contribution in [0.3, 0.4) is 0 Å². The Morgan fingerprint density at radius 1 is 1.40 bits per heavy atom. The first-order chi connectivity index (χ1) is 9.49. The molecule has 1 aliphatic rings. The number of carbonyl (C=O) groups is 1. The number of carboxylic acids is 1. The zero-order chi connectivity index (χ0) is 14.7. The third kappa shape index (κ3) is 3.31. The smallest absolute Gasteiger partial charge is 0.317 e. The molecule has 1 atom stereocenters. The Bertz CT molecular complexity index is 481. The lowest BCUT2D eigenvalue weighted by Crippen LogP contribution is -2.39. The van der Waals surface area contributed by atoms with Crippen LogP contribution in [-0.2, 0) is 4.79 Å². The minimum absolute atomic E-state index is 0.0270. The standard InChI is InChI=1S/C16H23NO3/c1-11-7-8-15(18)14(9-11)12(2)17(10-16(19)20)13-5-3-4-6-13/h7-9,12-13,18H,3-6,10H2,1-2H3,(H,19,20). The molecule has 4 nitrogen and oxygen atoms in total. The molecule has 1 aromatic rings. The van der Waals surface area contributed by atoms with Crippen LogP contribution in [0, 0.1) is 6.92 Å². The zero-order valence-electron chi connectivity index (χ0n) is 12.2. The Labute approximate surface area is 120 Å². The van der Waals surface area contributed by atoms with Crippen molar-refractivity contribution in [3.63, 3.8) is 0 Å². The average molecular weight is 277 g/mol. The summed E-state index contributed by atoms with van der Waals surface area (Å²) in [5.74, 6) is -0.563. The summed E-state index contributed by atoms with van der Waals surface area (Å²) in [6.45, 7) is 3.99. The van der Waals surface area contributed by atoms with E-state index in [1.54, 1.807) is 6.07 Å². The van der Waals surface area contributed by atoms with Gasteiger partial charge in [0.25, 0.3) is 0 Å². The first-order valence-electron chi connectivity index (χ1n) is 7.26. The number of phenolic OH excluding ortho intramolecular Hbond substituents is 1. The van der Waals surface area contributed by atoms with E-state index in [-0.39, 0.29) is 18.3 Å². The van der Waals surface area contributed by atoms with Gasteiger partial charge in [0.15, 0.2) is 0 Å². The summed E-state index contributed by atoms with van der Waals surface area (Å²) in [5, 5.41) is 19.2. The van der Waals surface area contributed by atoms with Gasteiger partial charge < -0.3 is 10.2 Å². The summed E-state index contributed by atoms with van der Waals surface area (Å²) in [6, 6.07) is 5.72. The van der Waals surface area contributed by atoms with Gasteiger partial charge >= 0.3 is 5.97 Å². The van der Waals surface area contributed by atoms with Crippen molar-refractivity contribution < 1.29 is 15.0 Å². The highest BCUT2D eigenvalue weighted by Gasteiger charge is 2.29. The SMILES string of the molecule is Cc1ccc(O)c(C(C)N(CC(=O)O)C2CCCC2)c1. The van der Waals surface area contributed by atoms with Crippen LogP contribution in [0.25, 0.3) is 0 Å². The molecule has 1 aliphatic carbocycles. The van der Waals surface area contributed by atoms with Crippen LogP contribution in [0.15, 0.2) is 18.2 Å². The lowest BCUT2D eigenvalue weighted by molar-refractivity contribution is -0.139. The highest BCUT2D eigenvalue weighted by atomic mass is 16.4. The molecule has 0 heterocycles. The van der Waals surface area contributed by atoms with Crippen molar-refractivity contribution >= 4 is 5.97 Å². The number of aromatic hydroxyl groups is 1. The highest BCUT2D eigenvalue weighted by Crippen LogP contribution is 2.34. The Balaban J connectivity index is 2.26. The molecule has 0 aliphatic heterocycles. The fourth-order valence-electron chi connectivity index (χ4n) is 3.16. The predicted octanol–water partition coefficient (Wildman–Crippen LogP) is 3.09. The maximum Gasteiger partial charge on any atom is 0.317 e. The van der Waals surface area contributed by atoms with Gasteiger partial charge in [-0.15, -0.1) is 0 Å². The highest BCUT2D eigenvalue weighted by molar-refractivity contribution is 5.69. The van der Waals surface area contributed by atoms with Crippen molar-refractivity contribution in [2.45, 2.75) is 51.6 Å². The maximum atomic E-state index is 11.1. The van der Waals surface area contributed by atoms with Crippen LogP contribution < -0.4 is 0 Å². The molecule has 0 saturated heterocycles. The molecule has 0 aromatic heterocycles. The number of benzene rings is 1. The van der Waals surface area contributed by atoms with Crippen LogP contribution >= 0.6 is 0 Å². The number of nitrogens with zero attached hydrogens (tertiary/aromatic N) is 1. The number of hydrogen-bond acceptors (Lipinski definition) is 3. The molecule has 1 aromatic carbocycles. The van der Waals surface area contributed by atoms with E-state index in [1.807, 2.05) is 30.9 Å². The van der Waals surface area contributed by atoms with Gasteiger partial charge in [-0.1, -0.05) is 30.5 Å². The summed E-state index contributed by atoms with van der Waals surface area (Å²) < 4.78 is 0. The van der Waals surface area contributed by atoms with Gasteiger partial charge in [0.1, 0.15) is 5.75 Å². The number of hydrogen-bond donors (Lipinski definition) is 2. The van der Waals surface area contributed by atoms with E-state index in [4.69, 9.17) is 5.11 Å². The van der Waals surface area contributed by atoms with Crippen molar-refractivity contribution in [1.82, 2.24) is 4.90 Å². The summed E-state index contributed by atoms with van der Waals surface area (Å²) in [6.07, 6.45) is 4.41. The van der Waals surface area contributed by atoms with Crippen LogP contribution in [-0.4, -0.2) is 33.7 Å². The molecule has 110 valence electrons. The summed E-state index contributed by atoms with van der Waals surface area (Å²) in [7, 11) is 0. The van der Waals surface area contributed by atoms with Crippen molar-refractivity contribution in [3.05, 3.63) is 29.3 Å². The molecule has 1 saturated carbocycles. The van der Waals surface area contributed by atoms with Gasteiger partial charge in [0, 0.05) is 17.6 Å². The number of phenols is 1. The minimum Gasteiger partial charge on any atom is -0.508 e. The lowest BCUT2D eigenvalue weighted by Gasteiger charge is -2.33. The topological polar surface area (TPSA) is 60.8 Å². The van der Waals surface area contributed by atoms with Crippen LogP contribution in [0.5, 0.6) is 5.75 Å². The van der Waals surface area contributed by atoms with E-state index in [1.165, 1.54) is 0 Å². The molecule has 2 N–H and O–H groups in total. The van der Waals surface area contributed by atoms with E-state index in [9.17, 15) is 9.90 Å². The Kier molecular flexibility index (Phi) is 4.65. The van der Waals surface area contributed by atoms with Crippen molar-refractivity contribution in [2.24, 2.45) is 0 Å². The summed E-state index contributed by atoms with van der Waals surface area (Å²) in [4.78, 5) is 13.2. The number of carboxylic acid groups (broad SMARTS) is 1. The lowest BCUT2D eigenvalue weighted by atomic mass is 10.0. The molecule has 2 rings (SSSR count). The second kappa shape index (κ2) is 6.27. The van der Waals surface area contributed by atoms with Gasteiger partial charge in [-0.05, 0) is 32.8 Å². The average Bonchev–Trinajstić information content (AvgIpc) is 2.91. The van der Waals surface area contributed by atoms with E-state index in [0.717, 1.165) is 36.8 Å². The largest absolute Gasteiger partial charge is 0.508 e. The molecule has 4 heteroatoms. The summed E-state index contributed by atoms with van der Waals surface area (Å²) in [5.41, 5.74) is 1.89. The van der Waals surface area contributed by atoms with Crippen LogP contribution in [0.4, 0.5) is 0 Å². The zero-order valence-corrected chi connectivity index (χ0v) is 12.2. The van der Waals surface area contributed by atoms with Gasteiger partial charge in [0.05, 0.1) is 6.54 Å². The molecule has 1 unspecified atom stereocenters. The molecular weight excluding hydrogens is 254 g/mol. The Morgan fingerprint density at radius 2 is 2.05 bits per heavy atom. The Morgan fingerprint density at radius 3 is 2.65 bits per heavy atom. The summed E-state index contributed by atoms with van der Waals surface area (Å²) >= 11 is 0. The predicted molar refractivity (Wildman–Crippen MR) is 77.9 cm³/mol. The molecule has 0 bridgehead atoms. The number of rotatable bonds is 5. The molecular formula is C16H23NO3. The number of aryl methyl sites for hydroxylation is 1. The first-order valence-corrected chi connectivity index (χ1v) is 7.26.